The number of aromatic nitrogens is 1. The van der Waals surface area contributed by atoms with Crippen LogP contribution in [-0.4, -0.2) is 40.0 Å². The fourth-order valence-corrected chi connectivity index (χ4v) is 4.76. The topological polar surface area (TPSA) is 88.5 Å². The van der Waals surface area contributed by atoms with Crippen molar-refractivity contribution in [3.8, 4) is 22.8 Å². The van der Waals surface area contributed by atoms with Crippen molar-refractivity contribution in [1.29, 1.82) is 0 Å². The Kier molecular flexibility index (Phi) is 11.9. The van der Waals surface area contributed by atoms with E-state index in [2.05, 4.69) is 10.3 Å². The Labute approximate surface area is 253 Å². The largest absolute Gasteiger partial charge is 1.00 e. The number of carboxylic acids is 1. The molecule has 1 amide bonds. The molecule has 202 valence electrons. The number of pyridine rings is 1. The van der Waals surface area contributed by atoms with Crippen molar-refractivity contribution in [2.75, 3.05) is 12.0 Å². The number of rotatable bonds is 12. The van der Waals surface area contributed by atoms with E-state index in [1.165, 1.54) is 0 Å². The van der Waals surface area contributed by atoms with Gasteiger partial charge < -0.3 is 16.6 Å². The summed E-state index contributed by atoms with van der Waals surface area (Å²) in [5.41, 5.74) is 5.40. The molecule has 0 aliphatic heterocycles. The number of carbonyl (C=O) groups is 2. The van der Waals surface area contributed by atoms with Crippen LogP contribution >= 0.6 is 11.8 Å². The Balaban J connectivity index is 0.00000294. The number of carbonyl (C=O) groups excluding carboxylic acids is 1. The first kappa shape index (κ1) is 31.0. The van der Waals surface area contributed by atoms with Gasteiger partial charge in [0.05, 0.1) is 0 Å². The van der Waals surface area contributed by atoms with Gasteiger partial charge in [-0.05, 0) is 84.2 Å². The normalized spacial score (nSPS) is 11.2. The number of aryl methyl sites for hydroxylation is 3. The van der Waals surface area contributed by atoms with Crippen LogP contribution in [0.3, 0.4) is 0 Å². The van der Waals surface area contributed by atoms with Crippen LogP contribution in [-0.2, 0) is 17.6 Å². The summed E-state index contributed by atoms with van der Waals surface area (Å²) in [5.74, 6) is 0.519. The molecule has 1 atom stereocenters. The van der Waals surface area contributed by atoms with E-state index < -0.39 is 12.0 Å². The fraction of sp³-hybridized carbons (Fsp3) is 0.219. The summed E-state index contributed by atoms with van der Waals surface area (Å²) in [6, 6.07) is 26.2. The van der Waals surface area contributed by atoms with E-state index >= 15 is 0 Å². The van der Waals surface area contributed by atoms with E-state index in [0.29, 0.717) is 23.6 Å². The van der Waals surface area contributed by atoms with Crippen LogP contribution in [0, 0.1) is 6.92 Å². The van der Waals surface area contributed by atoms with Gasteiger partial charge in [0.15, 0.2) is 0 Å². The van der Waals surface area contributed by atoms with Gasteiger partial charge in [0.25, 0.3) is 5.91 Å². The van der Waals surface area contributed by atoms with E-state index in [0.717, 1.165) is 46.4 Å². The Bertz CT molecular complexity index is 1420. The second kappa shape index (κ2) is 15.3. The molecule has 6 nitrogen and oxygen atoms in total. The molecule has 0 spiro atoms. The molecular formula is C32H33LiN2O4S. The average molecular weight is 549 g/mol. The number of hydrogen-bond donors (Lipinski definition) is 2. The molecule has 40 heavy (non-hydrogen) atoms. The van der Waals surface area contributed by atoms with Crippen LogP contribution in [0.15, 0.2) is 91.1 Å². The number of ether oxygens (including phenoxy) is 1. The van der Waals surface area contributed by atoms with Gasteiger partial charge in [-0.3, -0.25) is 4.79 Å². The van der Waals surface area contributed by atoms with Crippen molar-refractivity contribution < 1.29 is 39.7 Å². The minimum absolute atomic E-state index is 0. The molecule has 4 rings (SSSR count). The first-order valence-electron chi connectivity index (χ1n) is 12.8. The van der Waals surface area contributed by atoms with Gasteiger partial charge in [-0.15, -0.1) is 0 Å². The zero-order valence-electron chi connectivity index (χ0n) is 24.1. The van der Waals surface area contributed by atoms with Crippen molar-refractivity contribution in [3.05, 3.63) is 113 Å². The van der Waals surface area contributed by atoms with Crippen LogP contribution in [0.2, 0.25) is 0 Å². The molecular weight excluding hydrogens is 515 g/mol. The number of aliphatic carboxylic acids is 1. The molecule has 1 heterocycles. The number of amides is 1. The molecule has 3 aromatic carbocycles. The third kappa shape index (κ3) is 8.50. The Hall–Kier alpha value is -3.50. The van der Waals surface area contributed by atoms with Gasteiger partial charge in [-0.2, -0.15) is 11.8 Å². The summed E-state index contributed by atoms with van der Waals surface area (Å²) in [6.07, 6.45) is 5.63. The number of carboxylic acid groups (broad SMARTS) is 1. The summed E-state index contributed by atoms with van der Waals surface area (Å²) >= 11 is 1.55. The number of para-hydroxylation sites is 1. The van der Waals surface area contributed by atoms with Crippen LogP contribution in [0.1, 0.15) is 34.9 Å². The summed E-state index contributed by atoms with van der Waals surface area (Å²) in [7, 11) is 0. The number of nitrogens with one attached hydrogen (secondary N) is 1. The monoisotopic (exact) mass is 548 g/mol. The Morgan fingerprint density at radius 2 is 1.65 bits per heavy atom. The van der Waals surface area contributed by atoms with Crippen molar-refractivity contribution >= 4 is 23.6 Å². The second-order valence-electron chi connectivity index (χ2n) is 9.26. The van der Waals surface area contributed by atoms with Crippen LogP contribution < -0.4 is 28.9 Å². The van der Waals surface area contributed by atoms with E-state index in [9.17, 15) is 14.7 Å². The van der Waals surface area contributed by atoms with E-state index in [1.807, 2.05) is 98.2 Å². The first-order valence-corrected chi connectivity index (χ1v) is 14.2. The van der Waals surface area contributed by atoms with Gasteiger partial charge in [-0.25, -0.2) is 9.78 Å². The molecule has 4 aromatic rings. The third-order valence-electron chi connectivity index (χ3n) is 6.44. The maximum absolute atomic E-state index is 13.3. The molecule has 2 N–H and O–H groups in total. The zero-order valence-corrected chi connectivity index (χ0v) is 23.9. The number of thioether (sulfide) groups is 1. The van der Waals surface area contributed by atoms with Crippen LogP contribution in [0.4, 0.5) is 0 Å². The van der Waals surface area contributed by atoms with Crippen LogP contribution in [0.25, 0.3) is 11.1 Å². The average Bonchev–Trinajstić information content (AvgIpc) is 2.95. The van der Waals surface area contributed by atoms with Crippen molar-refractivity contribution in [2.24, 2.45) is 0 Å². The minimum atomic E-state index is -1.03. The van der Waals surface area contributed by atoms with Crippen molar-refractivity contribution in [3.63, 3.8) is 0 Å². The molecule has 0 bridgehead atoms. The molecule has 0 saturated heterocycles. The maximum Gasteiger partial charge on any atom is 1.00 e. The minimum Gasteiger partial charge on any atom is -1.00 e. The van der Waals surface area contributed by atoms with Gasteiger partial charge in [0.1, 0.15) is 11.8 Å². The number of nitrogens with zero attached hydrogens (tertiary/aromatic N) is 1. The van der Waals surface area contributed by atoms with Gasteiger partial charge in [-0.1, -0.05) is 60.7 Å². The van der Waals surface area contributed by atoms with Crippen molar-refractivity contribution in [1.82, 2.24) is 10.3 Å². The Morgan fingerprint density at radius 3 is 2.33 bits per heavy atom. The second-order valence-corrected chi connectivity index (χ2v) is 10.2. The number of hydrogen-bond acceptors (Lipinski definition) is 5. The zero-order chi connectivity index (χ0) is 27.6. The first-order chi connectivity index (χ1) is 18.9. The molecule has 0 fully saturated rings. The molecule has 0 aliphatic carbocycles. The van der Waals surface area contributed by atoms with E-state index in [4.69, 9.17) is 4.74 Å². The van der Waals surface area contributed by atoms with Crippen LogP contribution in [0.5, 0.6) is 11.6 Å². The quantitative estimate of drug-likeness (QED) is 0.263. The fourth-order valence-electron chi connectivity index (χ4n) is 4.29. The SMILES string of the molecule is CSCCC(NC(=O)c1ccc(CCc2ccc(Oc3ccccc3)nc2)cc1-c1ccccc1C)C(=O)O.[H-].[Li+]. The molecule has 0 aliphatic rings. The van der Waals surface area contributed by atoms with Gasteiger partial charge in [0, 0.05) is 17.8 Å². The standard InChI is InChI=1S/C32H32N2O4S.Li.H/c1-22-8-6-7-11-26(22)28-20-23(14-16-27(28)31(35)34-29(32(36)37)18-19-39-2)12-13-24-15-17-30(33-21-24)38-25-9-4-3-5-10-25;;/h3-11,14-17,20-21,29H,12-13,18-19H2,1-2H3,(H,34,35)(H,36,37);;/q;+1;-1. The number of benzene rings is 3. The van der Waals surface area contributed by atoms with Gasteiger partial charge in [0.2, 0.25) is 5.88 Å². The Morgan fingerprint density at radius 1 is 0.950 bits per heavy atom. The van der Waals surface area contributed by atoms with E-state index in [1.54, 1.807) is 17.8 Å². The maximum atomic E-state index is 13.3. The summed E-state index contributed by atoms with van der Waals surface area (Å²) in [4.78, 5) is 29.4. The van der Waals surface area contributed by atoms with Crippen molar-refractivity contribution in [2.45, 2.75) is 32.2 Å². The molecule has 0 saturated carbocycles. The van der Waals surface area contributed by atoms with Gasteiger partial charge >= 0.3 is 24.8 Å². The van der Waals surface area contributed by atoms with E-state index in [-0.39, 0.29) is 26.2 Å². The molecule has 1 aromatic heterocycles. The molecule has 8 heteroatoms. The molecule has 1 unspecified atom stereocenters. The smallest absolute Gasteiger partial charge is 1.00 e. The summed E-state index contributed by atoms with van der Waals surface area (Å²) < 4.78 is 5.78. The molecule has 0 radical (unpaired) electrons. The predicted octanol–water partition coefficient (Wildman–Crippen LogP) is 3.69. The summed E-state index contributed by atoms with van der Waals surface area (Å²) in [6.45, 7) is 2.01. The predicted molar refractivity (Wildman–Crippen MR) is 158 cm³/mol. The summed E-state index contributed by atoms with van der Waals surface area (Å²) in [5, 5.41) is 12.3. The third-order valence-corrected chi connectivity index (χ3v) is 7.09.